The Hall–Kier alpha value is -0.739. The van der Waals surface area contributed by atoms with Crippen molar-refractivity contribution in [2.75, 3.05) is 6.61 Å². The van der Waals surface area contributed by atoms with E-state index in [0.29, 0.717) is 6.61 Å². The quantitative estimate of drug-likeness (QED) is 0.177. The van der Waals surface area contributed by atoms with E-state index in [2.05, 4.69) is 45.9 Å². The van der Waals surface area contributed by atoms with Crippen molar-refractivity contribution >= 4 is 32.1 Å². The van der Waals surface area contributed by atoms with Crippen LogP contribution in [0.2, 0.25) is 32.2 Å². The average Bonchev–Trinajstić information content (AvgIpc) is 2.45. The first-order chi connectivity index (χ1) is 10.2. The van der Waals surface area contributed by atoms with E-state index in [0.717, 1.165) is 12.5 Å². The van der Waals surface area contributed by atoms with Crippen molar-refractivity contribution in [2.45, 2.75) is 44.6 Å². The first-order valence-corrected chi connectivity index (χ1v) is 15.4. The van der Waals surface area contributed by atoms with Crippen LogP contribution >= 0.6 is 0 Å². The fraction of sp³-hybridized carbons (Fsp3) is 0.533. The number of esters is 1. The number of carbonyl (C=O) groups is 1. The van der Waals surface area contributed by atoms with Crippen LogP contribution in [0.3, 0.4) is 0 Å². The highest BCUT2D eigenvalue weighted by molar-refractivity contribution is 6.77. The van der Waals surface area contributed by atoms with E-state index in [1.54, 1.807) is 0 Å². The van der Waals surface area contributed by atoms with E-state index in [4.69, 9.17) is 13.6 Å². The van der Waals surface area contributed by atoms with Crippen molar-refractivity contribution < 1.29 is 18.4 Å². The Balaban J connectivity index is 4.41. The predicted octanol–water partition coefficient (Wildman–Crippen LogP) is 2.87. The van der Waals surface area contributed by atoms with Gasteiger partial charge in [0.2, 0.25) is 16.6 Å². The molecule has 0 aromatic carbocycles. The smallest absolute Gasteiger partial charge is 0.330 e. The Kier molecular flexibility index (Phi) is 9.77. The van der Waals surface area contributed by atoms with Crippen molar-refractivity contribution in [3.63, 3.8) is 0 Å². The molecule has 0 radical (unpaired) electrons. The molecular weight excluding hydrogens is 328 g/mol. The summed E-state index contributed by atoms with van der Waals surface area (Å²) in [6.07, 6.45) is 2.02. The van der Waals surface area contributed by atoms with Gasteiger partial charge in [-0.1, -0.05) is 24.0 Å². The Morgan fingerprint density at radius 2 is 1.59 bits per heavy atom. The molecule has 0 spiro atoms. The molecule has 4 nitrogen and oxygen atoms in total. The van der Waals surface area contributed by atoms with Gasteiger partial charge < -0.3 is 13.6 Å². The van der Waals surface area contributed by atoms with E-state index in [1.807, 2.05) is 11.4 Å². The SMILES string of the molecule is C=CC(=O)OCCC[SiH2]C(O[Si](C)(C)C=C)O[Si](C)(C)C=C. The number of hydrogen-bond acceptors (Lipinski definition) is 4. The lowest BCUT2D eigenvalue weighted by Crippen LogP contribution is -2.44. The van der Waals surface area contributed by atoms with Crippen LogP contribution in [0.15, 0.2) is 37.2 Å². The van der Waals surface area contributed by atoms with Crippen molar-refractivity contribution in [3.8, 4) is 0 Å². The maximum atomic E-state index is 11.0. The third kappa shape index (κ3) is 10.1. The normalized spacial score (nSPS) is 12.6. The molecule has 126 valence electrons. The Morgan fingerprint density at radius 1 is 1.09 bits per heavy atom. The van der Waals surface area contributed by atoms with Crippen LogP contribution in [-0.4, -0.2) is 44.6 Å². The second-order valence-electron chi connectivity index (χ2n) is 6.15. The van der Waals surface area contributed by atoms with Crippen molar-refractivity contribution in [1.82, 2.24) is 0 Å². The molecule has 22 heavy (non-hydrogen) atoms. The molecule has 0 aliphatic heterocycles. The Bertz CT molecular complexity index is 372. The highest BCUT2D eigenvalue weighted by atomic mass is 28.4. The van der Waals surface area contributed by atoms with E-state index < -0.39 is 26.2 Å². The molecule has 0 heterocycles. The van der Waals surface area contributed by atoms with Crippen molar-refractivity contribution in [3.05, 3.63) is 37.2 Å². The van der Waals surface area contributed by atoms with E-state index in [9.17, 15) is 4.79 Å². The van der Waals surface area contributed by atoms with Crippen molar-refractivity contribution in [1.29, 1.82) is 0 Å². The second-order valence-corrected chi connectivity index (χ2v) is 15.8. The fourth-order valence-corrected chi connectivity index (χ4v) is 7.65. The molecule has 0 aromatic heterocycles. The van der Waals surface area contributed by atoms with Gasteiger partial charge in [0, 0.05) is 6.08 Å². The highest BCUT2D eigenvalue weighted by Crippen LogP contribution is 2.16. The molecule has 0 aliphatic carbocycles. The minimum Gasteiger partial charge on any atom is -0.463 e. The number of hydrogen-bond donors (Lipinski definition) is 0. The first-order valence-electron chi connectivity index (χ1n) is 7.58. The molecule has 0 bridgehead atoms. The highest BCUT2D eigenvalue weighted by Gasteiger charge is 2.28. The average molecular weight is 359 g/mol. The molecule has 0 rings (SSSR count). The summed E-state index contributed by atoms with van der Waals surface area (Å²) in [5.74, 6) is -0.486. The number of rotatable bonds is 12. The minimum atomic E-state index is -1.88. The van der Waals surface area contributed by atoms with Crippen LogP contribution in [0.4, 0.5) is 0 Å². The summed E-state index contributed by atoms with van der Waals surface area (Å²) in [5, 5.41) is 0. The molecule has 0 N–H and O–H groups in total. The molecule has 0 saturated carbocycles. The summed E-state index contributed by atoms with van der Waals surface area (Å²) in [5.41, 5.74) is 3.85. The largest absolute Gasteiger partial charge is 0.463 e. The van der Waals surface area contributed by atoms with Gasteiger partial charge in [0.25, 0.3) is 0 Å². The maximum absolute atomic E-state index is 11.0. The molecule has 0 atom stereocenters. The van der Waals surface area contributed by atoms with E-state index in [1.165, 1.54) is 6.08 Å². The molecule has 7 heteroatoms. The van der Waals surface area contributed by atoms with Gasteiger partial charge in [0.05, 0.1) is 16.1 Å². The topological polar surface area (TPSA) is 44.8 Å². The molecule has 0 amide bonds. The van der Waals surface area contributed by atoms with E-state index in [-0.39, 0.29) is 11.9 Å². The summed E-state index contributed by atoms with van der Waals surface area (Å²) in [6.45, 7) is 20.0. The van der Waals surface area contributed by atoms with E-state index >= 15 is 0 Å². The molecule has 0 saturated heterocycles. The summed E-state index contributed by atoms with van der Waals surface area (Å²) in [4.78, 5) is 11.0. The molecule has 0 aromatic rings. The van der Waals surface area contributed by atoms with Gasteiger partial charge in [-0.2, -0.15) is 0 Å². The molecule has 0 unspecified atom stereocenters. The summed E-state index contributed by atoms with van der Waals surface area (Å²) >= 11 is 0. The summed E-state index contributed by atoms with van der Waals surface area (Å²) in [6, 6.07) is 0.998. The van der Waals surface area contributed by atoms with Crippen LogP contribution in [-0.2, 0) is 18.4 Å². The summed E-state index contributed by atoms with van der Waals surface area (Å²) in [7, 11) is -4.36. The van der Waals surface area contributed by atoms with Crippen LogP contribution in [0, 0.1) is 0 Å². The first kappa shape index (κ1) is 21.3. The van der Waals surface area contributed by atoms with Gasteiger partial charge in [-0.15, -0.1) is 13.2 Å². The zero-order valence-corrected chi connectivity index (χ0v) is 17.8. The minimum absolute atomic E-state index is 0.116. The van der Waals surface area contributed by atoms with Gasteiger partial charge in [-0.05, 0) is 32.6 Å². The molecule has 0 aliphatic rings. The Labute approximate surface area is 139 Å². The third-order valence-corrected chi connectivity index (χ3v) is 9.19. The lowest BCUT2D eigenvalue weighted by atomic mass is 10.5. The predicted molar refractivity (Wildman–Crippen MR) is 100 cm³/mol. The molecule has 0 fully saturated rings. The second kappa shape index (κ2) is 10.1. The van der Waals surface area contributed by atoms with Crippen LogP contribution in [0.1, 0.15) is 6.42 Å². The third-order valence-electron chi connectivity index (χ3n) is 3.10. The van der Waals surface area contributed by atoms with Gasteiger partial charge in [0.1, 0.15) is 5.91 Å². The van der Waals surface area contributed by atoms with Crippen LogP contribution in [0.25, 0.3) is 0 Å². The lowest BCUT2D eigenvalue weighted by molar-refractivity contribution is -0.137. The number of carbonyl (C=O) groups excluding carboxylic acids is 1. The van der Waals surface area contributed by atoms with Gasteiger partial charge >= 0.3 is 5.97 Å². The summed E-state index contributed by atoms with van der Waals surface area (Å²) < 4.78 is 17.4. The maximum Gasteiger partial charge on any atom is 0.330 e. The van der Waals surface area contributed by atoms with Crippen LogP contribution < -0.4 is 0 Å². The molecular formula is C15H30O4Si3. The van der Waals surface area contributed by atoms with Crippen LogP contribution in [0.5, 0.6) is 0 Å². The van der Waals surface area contributed by atoms with Crippen molar-refractivity contribution in [2.24, 2.45) is 0 Å². The van der Waals surface area contributed by atoms with Gasteiger partial charge in [0.15, 0.2) is 0 Å². The van der Waals surface area contributed by atoms with Gasteiger partial charge in [-0.25, -0.2) is 4.79 Å². The standard InChI is InChI=1S/C15H30O4Si3/c1-8-14(16)17-12-11-13-20-15(18-21(4,5)9-2)19-22(6,7)10-3/h8-10,15H,1-3,11-13,20H2,4-7H3. The lowest BCUT2D eigenvalue weighted by Gasteiger charge is -2.32. The fourth-order valence-electron chi connectivity index (χ4n) is 1.56. The van der Waals surface area contributed by atoms with Gasteiger partial charge in [-0.3, -0.25) is 0 Å². The Morgan fingerprint density at radius 3 is 2.00 bits per heavy atom. The zero-order chi connectivity index (χ0) is 17.2. The number of ether oxygens (including phenoxy) is 1. The monoisotopic (exact) mass is 358 g/mol. The zero-order valence-electron chi connectivity index (χ0n) is 14.4.